The second-order valence-electron chi connectivity index (χ2n) is 4.70. The SMILES string of the molecule is O[C@@H]1[C@@H](O)[C@@H](Oc2cccnc2-c2ccco2)SC[C@H]1O. The normalized spacial score (nSPS) is 29.3. The predicted molar refractivity (Wildman–Crippen MR) is 76.8 cm³/mol. The van der Waals surface area contributed by atoms with E-state index in [1.54, 1.807) is 30.5 Å². The van der Waals surface area contributed by atoms with E-state index in [-0.39, 0.29) is 0 Å². The number of pyridine rings is 1. The second kappa shape index (κ2) is 6.07. The molecule has 0 unspecified atom stereocenters. The van der Waals surface area contributed by atoms with Gasteiger partial charge in [-0.15, -0.1) is 11.8 Å². The zero-order valence-electron chi connectivity index (χ0n) is 11.0. The average Bonchev–Trinajstić information content (AvgIpc) is 3.02. The van der Waals surface area contributed by atoms with Gasteiger partial charge in [-0.05, 0) is 24.3 Å². The first-order valence-electron chi connectivity index (χ1n) is 6.48. The molecule has 1 saturated heterocycles. The molecule has 0 saturated carbocycles. The Bertz CT molecular complexity index is 591. The number of aliphatic hydroxyl groups excluding tert-OH is 3. The Balaban J connectivity index is 1.83. The number of nitrogens with zero attached hydrogens (tertiary/aromatic N) is 1. The van der Waals surface area contributed by atoms with Crippen LogP contribution in [0.4, 0.5) is 0 Å². The van der Waals surface area contributed by atoms with Gasteiger partial charge in [0.15, 0.2) is 16.9 Å². The van der Waals surface area contributed by atoms with Crippen molar-refractivity contribution in [1.29, 1.82) is 0 Å². The standard InChI is InChI=1S/C14H15NO5S/c16-8-7-21-14(13(18)12(8)17)20-10-3-1-5-15-11(10)9-4-2-6-19-9/h1-6,8,12-14,16-18H,7H2/t8-,12+,13-,14+/m1/s1. The fourth-order valence-electron chi connectivity index (χ4n) is 2.09. The van der Waals surface area contributed by atoms with Gasteiger partial charge in [-0.1, -0.05) is 0 Å². The molecule has 0 aromatic carbocycles. The van der Waals surface area contributed by atoms with Crippen LogP contribution >= 0.6 is 11.8 Å². The van der Waals surface area contributed by atoms with Gasteiger partial charge in [0.2, 0.25) is 0 Å². The summed E-state index contributed by atoms with van der Waals surface area (Å²) in [4.78, 5) is 4.22. The van der Waals surface area contributed by atoms with E-state index in [4.69, 9.17) is 9.15 Å². The number of aliphatic hydroxyl groups is 3. The van der Waals surface area contributed by atoms with Crippen LogP contribution in [0.1, 0.15) is 0 Å². The Kier molecular flexibility index (Phi) is 4.16. The van der Waals surface area contributed by atoms with Gasteiger partial charge in [-0.2, -0.15) is 0 Å². The zero-order chi connectivity index (χ0) is 14.8. The molecular weight excluding hydrogens is 294 g/mol. The monoisotopic (exact) mass is 309 g/mol. The summed E-state index contributed by atoms with van der Waals surface area (Å²) >= 11 is 1.24. The van der Waals surface area contributed by atoms with Gasteiger partial charge in [-0.25, -0.2) is 4.98 Å². The average molecular weight is 309 g/mol. The molecule has 7 heteroatoms. The number of rotatable bonds is 3. The highest BCUT2D eigenvalue weighted by Crippen LogP contribution is 2.33. The van der Waals surface area contributed by atoms with E-state index >= 15 is 0 Å². The number of hydrogen-bond donors (Lipinski definition) is 3. The van der Waals surface area contributed by atoms with E-state index in [9.17, 15) is 15.3 Å². The summed E-state index contributed by atoms with van der Waals surface area (Å²) in [6.07, 6.45) is -0.196. The molecule has 0 radical (unpaired) electrons. The van der Waals surface area contributed by atoms with Crippen molar-refractivity contribution in [3.05, 3.63) is 36.7 Å². The van der Waals surface area contributed by atoms with Gasteiger partial charge in [0.1, 0.15) is 17.9 Å². The van der Waals surface area contributed by atoms with E-state index in [2.05, 4.69) is 4.98 Å². The third-order valence-electron chi connectivity index (χ3n) is 3.22. The molecule has 1 aliphatic heterocycles. The van der Waals surface area contributed by atoms with Crippen molar-refractivity contribution >= 4 is 11.8 Å². The van der Waals surface area contributed by atoms with Crippen LogP contribution in [0.2, 0.25) is 0 Å². The summed E-state index contributed by atoms with van der Waals surface area (Å²) in [6.45, 7) is 0. The van der Waals surface area contributed by atoms with E-state index in [1.165, 1.54) is 18.0 Å². The van der Waals surface area contributed by atoms with Crippen LogP contribution in [-0.2, 0) is 0 Å². The van der Waals surface area contributed by atoms with E-state index in [0.29, 0.717) is 23.0 Å². The molecule has 0 bridgehead atoms. The summed E-state index contributed by atoms with van der Waals surface area (Å²) < 4.78 is 11.1. The summed E-state index contributed by atoms with van der Waals surface area (Å²) in [5.41, 5.74) is -0.155. The van der Waals surface area contributed by atoms with Gasteiger partial charge < -0.3 is 24.5 Å². The number of ether oxygens (including phenoxy) is 1. The van der Waals surface area contributed by atoms with Crippen molar-refractivity contribution in [3.63, 3.8) is 0 Å². The maximum Gasteiger partial charge on any atom is 0.173 e. The second-order valence-corrected chi connectivity index (χ2v) is 5.83. The van der Waals surface area contributed by atoms with Crippen molar-refractivity contribution in [3.8, 4) is 17.2 Å². The van der Waals surface area contributed by atoms with Crippen molar-refractivity contribution in [2.75, 3.05) is 5.75 Å². The van der Waals surface area contributed by atoms with E-state index < -0.39 is 23.7 Å². The maximum absolute atomic E-state index is 9.99. The number of furan rings is 1. The third kappa shape index (κ3) is 2.91. The highest BCUT2D eigenvalue weighted by molar-refractivity contribution is 7.99. The lowest BCUT2D eigenvalue weighted by Crippen LogP contribution is -2.50. The van der Waals surface area contributed by atoms with Gasteiger partial charge in [0.05, 0.1) is 12.4 Å². The first-order valence-corrected chi connectivity index (χ1v) is 7.53. The molecule has 1 fully saturated rings. The Morgan fingerprint density at radius 2 is 2.05 bits per heavy atom. The molecule has 21 heavy (non-hydrogen) atoms. The lowest BCUT2D eigenvalue weighted by molar-refractivity contribution is -0.0785. The lowest BCUT2D eigenvalue weighted by Gasteiger charge is -2.34. The van der Waals surface area contributed by atoms with E-state index in [1.807, 2.05) is 0 Å². The summed E-state index contributed by atoms with van der Waals surface area (Å²) in [5, 5.41) is 29.2. The molecule has 6 nitrogen and oxygen atoms in total. The summed E-state index contributed by atoms with van der Waals surface area (Å²) in [7, 11) is 0. The van der Waals surface area contributed by atoms with Crippen LogP contribution in [0, 0.1) is 0 Å². The molecule has 2 aromatic heterocycles. The van der Waals surface area contributed by atoms with Crippen molar-refractivity contribution in [1.82, 2.24) is 4.98 Å². The van der Waals surface area contributed by atoms with Crippen LogP contribution in [0.25, 0.3) is 11.5 Å². The number of hydrogen-bond acceptors (Lipinski definition) is 7. The van der Waals surface area contributed by atoms with Gasteiger partial charge >= 0.3 is 0 Å². The molecule has 3 N–H and O–H groups in total. The van der Waals surface area contributed by atoms with Gasteiger partial charge in [0.25, 0.3) is 0 Å². The fraction of sp³-hybridized carbons (Fsp3) is 0.357. The minimum atomic E-state index is -1.22. The smallest absolute Gasteiger partial charge is 0.173 e. The van der Waals surface area contributed by atoms with Crippen LogP contribution in [0.5, 0.6) is 5.75 Å². The Morgan fingerprint density at radius 3 is 2.81 bits per heavy atom. The highest BCUT2D eigenvalue weighted by Gasteiger charge is 2.38. The number of thioether (sulfide) groups is 1. The molecular formula is C14H15NO5S. The number of aromatic nitrogens is 1. The first-order chi connectivity index (χ1) is 10.2. The van der Waals surface area contributed by atoms with Crippen LogP contribution in [-0.4, -0.2) is 49.8 Å². The minimum absolute atomic E-state index is 0.291. The van der Waals surface area contributed by atoms with Gasteiger partial charge in [0, 0.05) is 11.9 Å². The molecule has 4 atom stereocenters. The highest BCUT2D eigenvalue weighted by atomic mass is 32.2. The zero-order valence-corrected chi connectivity index (χ0v) is 11.8. The lowest BCUT2D eigenvalue weighted by atomic mass is 10.1. The summed E-state index contributed by atoms with van der Waals surface area (Å²) in [5.74, 6) is 1.30. The van der Waals surface area contributed by atoms with E-state index in [0.717, 1.165) is 0 Å². The molecule has 2 aromatic rings. The third-order valence-corrected chi connectivity index (χ3v) is 4.46. The first kappa shape index (κ1) is 14.4. The van der Waals surface area contributed by atoms with Gasteiger partial charge in [-0.3, -0.25) is 0 Å². The Morgan fingerprint density at radius 1 is 1.19 bits per heavy atom. The van der Waals surface area contributed by atoms with Crippen molar-refractivity contribution < 1.29 is 24.5 Å². The van der Waals surface area contributed by atoms with Crippen molar-refractivity contribution in [2.45, 2.75) is 23.7 Å². The topological polar surface area (TPSA) is 96.0 Å². The van der Waals surface area contributed by atoms with Crippen molar-refractivity contribution in [2.24, 2.45) is 0 Å². The molecule has 3 rings (SSSR count). The van der Waals surface area contributed by atoms with Crippen LogP contribution < -0.4 is 4.74 Å². The Labute approximate surface area is 125 Å². The molecule has 3 heterocycles. The summed E-state index contributed by atoms with van der Waals surface area (Å²) in [6, 6.07) is 6.94. The Hall–Kier alpha value is -1.54. The largest absolute Gasteiger partial charge is 0.475 e. The molecule has 0 spiro atoms. The molecule has 0 amide bonds. The quantitative estimate of drug-likeness (QED) is 0.774. The molecule has 1 aliphatic rings. The van der Waals surface area contributed by atoms with Crippen LogP contribution in [0.3, 0.4) is 0 Å². The predicted octanol–water partition coefficient (Wildman–Crippen LogP) is 0.876. The maximum atomic E-state index is 9.99. The van der Waals surface area contributed by atoms with Crippen LogP contribution in [0.15, 0.2) is 41.1 Å². The minimum Gasteiger partial charge on any atom is -0.475 e. The fourth-order valence-corrected chi connectivity index (χ4v) is 3.21. The molecule has 112 valence electrons. The molecule has 0 aliphatic carbocycles.